The first-order valence-corrected chi connectivity index (χ1v) is 3.56. The summed E-state index contributed by atoms with van der Waals surface area (Å²) in [5.41, 5.74) is 0.162. The Hall–Kier alpha value is 0.546. The van der Waals surface area contributed by atoms with Crippen molar-refractivity contribution in [3.63, 3.8) is 0 Å². The van der Waals surface area contributed by atoms with Gasteiger partial charge in [-0.1, -0.05) is 12.6 Å². The molecule has 1 N–H and O–H groups in total. The van der Waals surface area contributed by atoms with Crippen LogP contribution in [0.1, 0.15) is 4.88 Å². The zero-order chi connectivity index (χ0) is 7.56. The van der Waals surface area contributed by atoms with E-state index in [9.17, 15) is 4.79 Å². The van der Waals surface area contributed by atoms with Crippen LogP contribution in [0.3, 0.4) is 0 Å². The van der Waals surface area contributed by atoms with Gasteiger partial charge in [0.25, 0.3) is 0 Å². The first kappa shape index (κ1) is 11.5. The molecular formula is C7H7KO2S. The predicted octanol–water partition coefficient (Wildman–Crippen LogP) is 1.20. The molecule has 0 fully saturated rings. The Kier molecular flexibility index (Phi) is 5.50. The topological polar surface area (TPSA) is 37.3 Å². The predicted molar refractivity (Wildman–Crippen MR) is 48.1 cm³/mol. The maximum absolute atomic E-state index is 10.3. The third-order valence-electron chi connectivity index (χ3n) is 1.08. The molecule has 0 aliphatic rings. The molecule has 1 aromatic heterocycles. The molecule has 54 valence electrons. The van der Waals surface area contributed by atoms with Crippen molar-refractivity contribution in [2.45, 2.75) is 0 Å². The van der Waals surface area contributed by atoms with Gasteiger partial charge in [0.1, 0.15) is 0 Å². The standard InChI is InChI=1S/C7H6O2S.K.H/c1-5(7(8)9)6-3-2-4-10-6;;/h2-4H,1H2,(H,8,9);;. The molecule has 0 bridgehead atoms. The summed E-state index contributed by atoms with van der Waals surface area (Å²) in [6.45, 7) is 3.41. The van der Waals surface area contributed by atoms with Crippen LogP contribution in [-0.2, 0) is 4.79 Å². The Balaban J connectivity index is 0.000001000. The van der Waals surface area contributed by atoms with E-state index in [0.29, 0.717) is 4.88 Å². The van der Waals surface area contributed by atoms with E-state index in [0.717, 1.165) is 0 Å². The van der Waals surface area contributed by atoms with Gasteiger partial charge in [-0.2, -0.15) is 0 Å². The van der Waals surface area contributed by atoms with Gasteiger partial charge in [0.2, 0.25) is 0 Å². The molecule has 1 rings (SSSR count). The van der Waals surface area contributed by atoms with Crippen LogP contribution in [0, 0.1) is 0 Å². The molecule has 0 aliphatic heterocycles. The summed E-state index contributed by atoms with van der Waals surface area (Å²) in [6.07, 6.45) is 0. The summed E-state index contributed by atoms with van der Waals surface area (Å²) in [5.74, 6) is -0.956. The zero-order valence-electron chi connectivity index (χ0n) is 5.20. The molecule has 0 aliphatic carbocycles. The molecule has 4 heteroatoms. The van der Waals surface area contributed by atoms with Crippen LogP contribution in [0.4, 0.5) is 0 Å². The van der Waals surface area contributed by atoms with Crippen molar-refractivity contribution in [1.29, 1.82) is 0 Å². The molecule has 11 heavy (non-hydrogen) atoms. The molecule has 0 saturated heterocycles. The number of aliphatic carboxylic acids is 1. The SMILES string of the molecule is C=C(C(=O)O)c1cccs1.[KH]. The van der Waals surface area contributed by atoms with Crippen molar-refractivity contribution in [2.24, 2.45) is 0 Å². The van der Waals surface area contributed by atoms with E-state index in [1.165, 1.54) is 11.3 Å². The first-order valence-electron chi connectivity index (χ1n) is 2.68. The summed E-state index contributed by atoms with van der Waals surface area (Å²) in [4.78, 5) is 11.0. The summed E-state index contributed by atoms with van der Waals surface area (Å²) in [6, 6.07) is 3.54. The van der Waals surface area contributed by atoms with Crippen molar-refractivity contribution in [1.82, 2.24) is 0 Å². The second kappa shape index (κ2) is 5.24. The van der Waals surface area contributed by atoms with Crippen molar-refractivity contribution in [3.8, 4) is 0 Å². The molecule has 0 unspecified atom stereocenters. The normalized spacial score (nSPS) is 8.36. The Bertz CT molecular complexity index is 253. The summed E-state index contributed by atoms with van der Waals surface area (Å²) < 4.78 is 0. The van der Waals surface area contributed by atoms with E-state index in [4.69, 9.17) is 5.11 Å². The Morgan fingerprint density at radius 1 is 1.64 bits per heavy atom. The van der Waals surface area contributed by atoms with Crippen LogP contribution in [-0.4, -0.2) is 62.5 Å². The number of carbonyl (C=O) groups is 1. The molecule has 0 amide bonds. The van der Waals surface area contributed by atoms with Gasteiger partial charge >= 0.3 is 57.4 Å². The molecule has 0 aromatic carbocycles. The van der Waals surface area contributed by atoms with Gasteiger partial charge in [-0.3, -0.25) is 0 Å². The molecule has 1 heterocycles. The number of thiophene rings is 1. The van der Waals surface area contributed by atoms with E-state index < -0.39 is 5.97 Å². The maximum atomic E-state index is 10.3. The van der Waals surface area contributed by atoms with Crippen LogP contribution in [0.5, 0.6) is 0 Å². The minimum absolute atomic E-state index is 0. The average molecular weight is 194 g/mol. The van der Waals surface area contributed by atoms with Gasteiger partial charge in [0, 0.05) is 4.88 Å². The van der Waals surface area contributed by atoms with Crippen molar-refractivity contribution in [2.75, 3.05) is 0 Å². The summed E-state index contributed by atoms with van der Waals surface area (Å²) in [7, 11) is 0. The molecule has 2 nitrogen and oxygen atoms in total. The van der Waals surface area contributed by atoms with Crippen molar-refractivity contribution < 1.29 is 9.90 Å². The number of hydrogen-bond donors (Lipinski definition) is 1. The Morgan fingerprint density at radius 2 is 2.27 bits per heavy atom. The monoisotopic (exact) mass is 194 g/mol. The molecule has 0 spiro atoms. The van der Waals surface area contributed by atoms with Crippen molar-refractivity contribution in [3.05, 3.63) is 29.0 Å². The van der Waals surface area contributed by atoms with Gasteiger partial charge in [-0.25, -0.2) is 4.79 Å². The van der Waals surface area contributed by atoms with E-state index >= 15 is 0 Å². The number of carboxylic acids is 1. The van der Waals surface area contributed by atoms with E-state index in [-0.39, 0.29) is 57.0 Å². The fraction of sp³-hybridized carbons (Fsp3) is 0. The second-order valence-corrected chi connectivity index (χ2v) is 2.71. The molecule has 0 atom stereocenters. The van der Waals surface area contributed by atoms with Gasteiger partial charge < -0.3 is 5.11 Å². The van der Waals surface area contributed by atoms with Gasteiger partial charge in [-0.15, -0.1) is 11.3 Å². The third kappa shape index (κ3) is 3.19. The van der Waals surface area contributed by atoms with E-state index in [1.807, 2.05) is 5.38 Å². The van der Waals surface area contributed by atoms with Crippen LogP contribution in [0.15, 0.2) is 24.1 Å². The molecular weight excluding hydrogens is 187 g/mol. The molecule has 1 aromatic rings. The number of carboxylic acid groups (broad SMARTS) is 1. The quantitative estimate of drug-likeness (QED) is 0.567. The zero-order valence-corrected chi connectivity index (χ0v) is 6.02. The van der Waals surface area contributed by atoms with E-state index in [1.54, 1.807) is 12.1 Å². The molecule has 0 radical (unpaired) electrons. The van der Waals surface area contributed by atoms with Gasteiger partial charge in [-0.05, 0) is 11.4 Å². The first-order chi connectivity index (χ1) is 4.72. The Labute approximate surface area is 111 Å². The average Bonchev–Trinajstić information content (AvgIpc) is 2.36. The Morgan fingerprint density at radius 3 is 2.64 bits per heavy atom. The fourth-order valence-electron chi connectivity index (χ4n) is 0.556. The number of rotatable bonds is 2. The fourth-order valence-corrected chi connectivity index (χ4v) is 1.25. The van der Waals surface area contributed by atoms with Crippen LogP contribution >= 0.6 is 11.3 Å². The minimum atomic E-state index is -0.956. The van der Waals surface area contributed by atoms with E-state index in [2.05, 4.69) is 6.58 Å². The van der Waals surface area contributed by atoms with Crippen LogP contribution < -0.4 is 0 Å². The summed E-state index contributed by atoms with van der Waals surface area (Å²) >= 11 is 1.38. The van der Waals surface area contributed by atoms with Crippen LogP contribution in [0.2, 0.25) is 0 Å². The molecule has 0 saturated carbocycles. The van der Waals surface area contributed by atoms with Gasteiger partial charge in [0.15, 0.2) is 0 Å². The van der Waals surface area contributed by atoms with Crippen LogP contribution in [0.25, 0.3) is 5.57 Å². The third-order valence-corrected chi connectivity index (χ3v) is 2.01. The second-order valence-electron chi connectivity index (χ2n) is 1.76. The van der Waals surface area contributed by atoms with Crippen molar-refractivity contribution >= 4 is 74.3 Å². The van der Waals surface area contributed by atoms with Gasteiger partial charge in [0.05, 0.1) is 5.57 Å². The number of hydrogen-bond acceptors (Lipinski definition) is 2. The summed E-state index contributed by atoms with van der Waals surface area (Å²) in [5, 5.41) is 10.3.